The Balaban J connectivity index is 1.72. The monoisotopic (exact) mass is 266 g/mol. The van der Waals surface area contributed by atoms with Crippen LogP contribution >= 0.6 is 0 Å². The summed E-state index contributed by atoms with van der Waals surface area (Å²) in [6.45, 7) is 0.484. The van der Waals surface area contributed by atoms with Gasteiger partial charge in [0.2, 0.25) is 0 Å². The topological polar surface area (TPSA) is 85.4 Å². The van der Waals surface area contributed by atoms with E-state index in [0.717, 1.165) is 16.5 Å². The smallest absolute Gasteiger partial charge is 0.258 e. The van der Waals surface area contributed by atoms with Gasteiger partial charge in [0.1, 0.15) is 6.54 Å². The molecule has 0 radical (unpaired) electrons. The third kappa shape index (κ3) is 1.76. The lowest BCUT2D eigenvalue weighted by Crippen LogP contribution is -2.01. The summed E-state index contributed by atoms with van der Waals surface area (Å²) in [7, 11) is 0. The molecule has 0 saturated heterocycles. The average molecular weight is 266 g/mol. The van der Waals surface area contributed by atoms with E-state index in [1.165, 1.54) is 0 Å². The minimum absolute atomic E-state index is 0.484. The summed E-state index contributed by atoms with van der Waals surface area (Å²) in [5, 5.41) is 16.0. The fourth-order valence-electron chi connectivity index (χ4n) is 2.12. The quantitative estimate of drug-likeness (QED) is 0.611. The van der Waals surface area contributed by atoms with Crippen LogP contribution in [0.4, 0.5) is 0 Å². The van der Waals surface area contributed by atoms with Crippen LogP contribution < -0.4 is 0 Å². The third-order valence-electron chi connectivity index (χ3n) is 3.05. The molecule has 0 fully saturated rings. The first-order valence-electron chi connectivity index (χ1n) is 6.12. The second-order valence-corrected chi connectivity index (χ2v) is 4.36. The predicted molar refractivity (Wildman–Crippen MR) is 70.7 cm³/mol. The molecule has 3 heterocycles. The van der Waals surface area contributed by atoms with Crippen LogP contribution in [0, 0.1) is 0 Å². The molecular formula is C13H10N6O. The molecule has 0 atom stereocenters. The van der Waals surface area contributed by atoms with Crippen LogP contribution in [0.2, 0.25) is 0 Å². The van der Waals surface area contributed by atoms with Crippen LogP contribution in [-0.2, 0) is 6.54 Å². The normalized spacial score (nSPS) is 11.2. The van der Waals surface area contributed by atoms with Crippen LogP contribution in [0.15, 0.2) is 47.4 Å². The van der Waals surface area contributed by atoms with Gasteiger partial charge in [0.05, 0.1) is 17.3 Å². The van der Waals surface area contributed by atoms with Gasteiger partial charge in [0.15, 0.2) is 5.82 Å². The fourth-order valence-corrected chi connectivity index (χ4v) is 2.12. The van der Waals surface area contributed by atoms with Crippen molar-refractivity contribution >= 4 is 10.9 Å². The van der Waals surface area contributed by atoms with Crippen molar-refractivity contribution in [2.75, 3.05) is 0 Å². The minimum Gasteiger partial charge on any atom is -0.334 e. The molecule has 1 N–H and O–H groups in total. The number of aromatic amines is 1. The SMILES string of the molecule is c1cc(-c2nc(Cn3cccn3)no2)c2cn[nH]c2c1. The van der Waals surface area contributed by atoms with Crippen molar-refractivity contribution < 1.29 is 4.52 Å². The van der Waals surface area contributed by atoms with E-state index in [2.05, 4.69) is 25.4 Å². The van der Waals surface area contributed by atoms with Crippen molar-refractivity contribution in [3.8, 4) is 11.5 Å². The van der Waals surface area contributed by atoms with Crippen molar-refractivity contribution in [3.05, 3.63) is 48.7 Å². The van der Waals surface area contributed by atoms with Gasteiger partial charge in [-0.1, -0.05) is 11.2 Å². The Morgan fingerprint density at radius 2 is 2.25 bits per heavy atom. The molecule has 0 aliphatic heterocycles. The molecule has 20 heavy (non-hydrogen) atoms. The van der Waals surface area contributed by atoms with Crippen molar-refractivity contribution in [3.63, 3.8) is 0 Å². The number of aromatic nitrogens is 6. The molecule has 3 aromatic heterocycles. The molecule has 0 aliphatic rings. The van der Waals surface area contributed by atoms with E-state index in [9.17, 15) is 0 Å². The van der Waals surface area contributed by atoms with Gasteiger partial charge in [-0.3, -0.25) is 9.78 Å². The number of hydrogen-bond donors (Lipinski definition) is 1. The zero-order chi connectivity index (χ0) is 13.4. The number of rotatable bonds is 3. The summed E-state index contributed by atoms with van der Waals surface area (Å²) in [6, 6.07) is 7.66. The lowest BCUT2D eigenvalue weighted by atomic mass is 10.1. The standard InChI is InChI=1S/C13H10N6O/c1-3-9(10-7-14-17-11(10)4-1)13-16-12(18-20-13)8-19-6-2-5-15-19/h1-7H,8H2,(H,14,17). The second-order valence-electron chi connectivity index (χ2n) is 4.36. The zero-order valence-electron chi connectivity index (χ0n) is 10.4. The summed E-state index contributed by atoms with van der Waals surface area (Å²) in [5.41, 5.74) is 1.81. The molecule has 1 aromatic carbocycles. The fraction of sp³-hybridized carbons (Fsp3) is 0.0769. The van der Waals surface area contributed by atoms with E-state index in [4.69, 9.17) is 4.52 Å². The molecule has 0 amide bonds. The molecule has 0 bridgehead atoms. The molecule has 4 rings (SSSR count). The zero-order valence-corrected chi connectivity index (χ0v) is 10.4. The van der Waals surface area contributed by atoms with Gasteiger partial charge in [-0.15, -0.1) is 0 Å². The molecule has 0 spiro atoms. The van der Waals surface area contributed by atoms with Gasteiger partial charge in [0, 0.05) is 17.8 Å². The van der Waals surface area contributed by atoms with Gasteiger partial charge in [0.25, 0.3) is 5.89 Å². The van der Waals surface area contributed by atoms with Crippen LogP contribution in [0.3, 0.4) is 0 Å². The van der Waals surface area contributed by atoms with E-state index in [1.54, 1.807) is 17.1 Å². The Morgan fingerprint density at radius 3 is 3.15 bits per heavy atom. The minimum atomic E-state index is 0.484. The average Bonchev–Trinajstić information content (AvgIpc) is 3.19. The third-order valence-corrected chi connectivity index (χ3v) is 3.05. The predicted octanol–water partition coefficient (Wildman–Crippen LogP) is 1.86. The van der Waals surface area contributed by atoms with Crippen molar-refractivity contribution in [1.82, 2.24) is 30.1 Å². The molecule has 0 unspecified atom stereocenters. The number of H-pyrrole nitrogens is 1. The Morgan fingerprint density at radius 1 is 1.25 bits per heavy atom. The molecule has 0 saturated carbocycles. The first-order valence-corrected chi connectivity index (χ1v) is 6.12. The number of hydrogen-bond acceptors (Lipinski definition) is 5. The second kappa shape index (κ2) is 4.30. The summed E-state index contributed by atoms with van der Waals surface area (Å²) in [4.78, 5) is 4.40. The highest BCUT2D eigenvalue weighted by molar-refractivity contribution is 5.91. The summed E-state index contributed by atoms with van der Waals surface area (Å²) < 4.78 is 7.08. The van der Waals surface area contributed by atoms with Gasteiger partial charge in [-0.25, -0.2) is 0 Å². The largest absolute Gasteiger partial charge is 0.334 e. The van der Waals surface area contributed by atoms with Gasteiger partial charge in [-0.05, 0) is 18.2 Å². The summed E-state index contributed by atoms with van der Waals surface area (Å²) in [5.74, 6) is 1.07. The van der Waals surface area contributed by atoms with Crippen molar-refractivity contribution in [2.45, 2.75) is 6.54 Å². The van der Waals surface area contributed by atoms with E-state index >= 15 is 0 Å². The van der Waals surface area contributed by atoms with E-state index in [-0.39, 0.29) is 0 Å². The Labute approximate surface area is 113 Å². The maximum absolute atomic E-state index is 5.33. The van der Waals surface area contributed by atoms with Crippen LogP contribution in [0.25, 0.3) is 22.4 Å². The van der Waals surface area contributed by atoms with Crippen molar-refractivity contribution in [2.24, 2.45) is 0 Å². The Bertz CT molecular complexity index is 845. The molecule has 7 heteroatoms. The summed E-state index contributed by atoms with van der Waals surface area (Å²) >= 11 is 0. The first kappa shape index (κ1) is 10.9. The number of nitrogens with one attached hydrogen (secondary N) is 1. The number of fused-ring (bicyclic) bond motifs is 1. The first-order chi connectivity index (χ1) is 9.90. The molecule has 4 aromatic rings. The van der Waals surface area contributed by atoms with E-state index in [1.807, 2.05) is 30.5 Å². The number of benzene rings is 1. The van der Waals surface area contributed by atoms with Crippen LogP contribution in [0.1, 0.15) is 5.82 Å². The Hall–Kier alpha value is -2.96. The lowest BCUT2D eigenvalue weighted by molar-refractivity contribution is 0.419. The summed E-state index contributed by atoms with van der Waals surface area (Å²) in [6.07, 6.45) is 5.32. The van der Waals surface area contributed by atoms with E-state index < -0.39 is 0 Å². The van der Waals surface area contributed by atoms with Gasteiger partial charge >= 0.3 is 0 Å². The maximum Gasteiger partial charge on any atom is 0.258 e. The molecule has 0 aliphatic carbocycles. The number of nitrogens with zero attached hydrogens (tertiary/aromatic N) is 5. The highest BCUT2D eigenvalue weighted by Gasteiger charge is 2.13. The molecule has 98 valence electrons. The van der Waals surface area contributed by atoms with Crippen LogP contribution in [-0.4, -0.2) is 30.1 Å². The molecular weight excluding hydrogens is 256 g/mol. The maximum atomic E-state index is 5.33. The van der Waals surface area contributed by atoms with E-state index in [0.29, 0.717) is 18.3 Å². The highest BCUT2D eigenvalue weighted by Crippen LogP contribution is 2.25. The van der Waals surface area contributed by atoms with Crippen LogP contribution in [0.5, 0.6) is 0 Å². The van der Waals surface area contributed by atoms with Gasteiger partial charge in [-0.2, -0.15) is 15.2 Å². The molecule has 7 nitrogen and oxygen atoms in total. The van der Waals surface area contributed by atoms with Crippen molar-refractivity contribution in [1.29, 1.82) is 0 Å². The highest BCUT2D eigenvalue weighted by atomic mass is 16.5. The lowest BCUT2D eigenvalue weighted by Gasteiger charge is -1.95. The van der Waals surface area contributed by atoms with Gasteiger partial charge < -0.3 is 4.52 Å². The Kier molecular flexibility index (Phi) is 2.35.